The lowest BCUT2D eigenvalue weighted by Gasteiger charge is -2.11. The van der Waals surface area contributed by atoms with Gasteiger partial charge in [-0.1, -0.05) is 37.3 Å². The lowest BCUT2D eigenvalue weighted by atomic mass is 10.1. The van der Waals surface area contributed by atoms with Crippen LogP contribution in [0.3, 0.4) is 0 Å². The molecule has 2 heteroatoms. The molecule has 0 fully saturated rings. The lowest BCUT2D eigenvalue weighted by molar-refractivity contribution is 0.476. The summed E-state index contributed by atoms with van der Waals surface area (Å²) in [5.74, 6) is 1.77. The van der Waals surface area contributed by atoms with Crippen molar-refractivity contribution in [3.8, 4) is 11.5 Å². The molecular weight excluding hydrogens is 222 g/mol. The molecular formula is C16H19NO. The average molecular weight is 241 g/mol. The second-order valence-corrected chi connectivity index (χ2v) is 4.42. The standard InChI is InChI=1S/C16H19NO/c1-3-13-6-4-5-7-16(13)18-15-10-8-14(9-11-15)12(2)17/h4-12H,3,17H2,1-2H3/t12-/m1/s1. The first kappa shape index (κ1) is 12.7. The largest absolute Gasteiger partial charge is 0.457 e. The van der Waals surface area contributed by atoms with Gasteiger partial charge < -0.3 is 10.5 Å². The zero-order chi connectivity index (χ0) is 13.0. The van der Waals surface area contributed by atoms with Crippen LogP contribution >= 0.6 is 0 Å². The molecule has 0 heterocycles. The van der Waals surface area contributed by atoms with Gasteiger partial charge in [0.15, 0.2) is 0 Å². The van der Waals surface area contributed by atoms with Gasteiger partial charge in [-0.15, -0.1) is 0 Å². The fourth-order valence-corrected chi connectivity index (χ4v) is 1.86. The second-order valence-electron chi connectivity index (χ2n) is 4.42. The van der Waals surface area contributed by atoms with E-state index in [-0.39, 0.29) is 6.04 Å². The van der Waals surface area contributed by atoms with E-state index in [1.165, 1.54) is 5.56 Å². The van der Waals surface area contributed by atoms with Gasteiger partial charge >= 0.3 is 0 Å². The molecule has 0 unspecified atom stereocenters. The number of rotatable bonds is 4. The Bertz CT molecular complexity index is 503. The van der Waals surface area contributed by atoms with Gasteiger partial charge in [0.25, 0.3) is 0 Å². The van der Waals surface area contributed by atoms with Crippen LogP contribution in [0.4, 0.5) is 0 Å². The summed E-state index contributed by atoms with van der Waals surface area (Å²) < 4.78 is 5.89. The number of aryl methyl sites for hydroxylation is 1. The van der Waals surface area contributed by atoms with Crippen molar-refractivity contribution in [1.29, 1.82) is 0 Å². The molecule has 2 aromatic rings. The summed E-state index contributed by atoms with van der Waals surface area (Å²) >= 11 is 0. The van der Waals surface area contributed by atoms with Crippen molar-refractivity contribution >= 4 is 0 Å². The van der Waals surface area contributed by atoms with Crippen LogP contribution in [0.1, 0.15) is 31.0 Å². The van der Waals surface area contributed by atoms with Crippen LogP contribution in [0.2, 0.25) is 0 Å². The van der Waals surface area contributed by atoms with Crippen molar-refractivity contribution in [1.82, 2.24) is 0 Å². The van der Waals surface area contributed by atoms with E-state index in [0.29, 0.717) is 0 Å². The fraction of sp³-hybridized carbons (Fsp3) is 0.250. The Morgan fingerprint density at radius 3 is 2.33 bits per heavy atom. The number of benzene rings is 2. The maximum atomic E-state index is 5.89. The van der Waals surface area contributed by atoms with Crippen LogP contribution < -0.4 is 10.5 Å². The topological polar surface area (TPSA) is 35.2 Å². The van der Waals surface area contributed by atoms with Crippen molar-refractivity contribution < 1.29 is 4.74 Å². The van der Waals surface area contributed by atoms with Gasteiger partial charge in [-0.05, 0) is 42.7 Å². The van der Waals surface area contributed by atoms with Crippen LogP contribution in [0, 0.1) is 0 Å². The molecule has 2 nitrogen and oxygen atoms in total. The summed E-state index contributed by atoms with van der Waals surface area (Å²) in [5, 5.41) is 0. The van der Waals surface area contributed by atoms with Gasteiger partial charge in [-0.25, -0.2) is 0 Å². The van der Waals surface area contributed by atoms with Gasteiger partial charge in [0.2, 0.25) is 0 Å². The number of nitrogens with two attached hydrogens (primary N) is 1. The third-order valence-electron chi connectivity index (χ3n) is 2.99. The zero-order valence-corrected chi connectivity index (χ0v) is 10.9. The summed E-state index contributed by atoms with van der Waals surface area (Å²) in [6.07, 6.45) is 0.966. The van der Waals surface area contributed by atoms with Gasteiger partial charge in [0.05, 0.1) is 0 Å². The summed E-state index contributed by atoms with van der Waals surface area (Å²) in [4.78, 5) is 0. The minimum atomic E-state index is 0.0574. The quantitative estimate of drug-likeness (QED) is 0.876. The molecule has 0 amide bonds. The van der Waals surface area contributed by atoms with Crippen molar-refractivity contribution in [2.45, 2.75) is 26.3 Å². The van der Waals surface area contributed by atoms with Gasteiger partial charge in [-0.2, -0.15) is 0 Å². The minimum Gasteiger partial charge on any atom is -0.457 e. The minimum absolute atomic E-state index is 0.0574. The van der Waals surface area contributed by atoms with Crippen molar-refractivity contribution in [2.75, 3.05) is 0 Å². The molecule has 0 saturated heterocycles. The molecule has 1 atom stereocenters. The Balaban J connectivity index is 2.18. The van der Waals surface area contributed by atoms with Crippen LogP contribution in [0.15, 0.2) is 48.5 Å². The van der Waals surface area contributed by atoms with Gasteiger partial charge in [0, 0.05) is 6.04 Å². The summed E-state index contributed by atoms with van der Waals surface area (Å²) in [7, 11) is 0. The number of hydrogen-bond acceptors (Lipinski definition) is 2. The maximum absolute atomic E-state index is 5.89. The molecule has 18 heavy (non-hydrogen) atoms. The number of ether oxygens (including phenoxy) is 1. The first-order valence-corrected chi connectivity index (χ1v) is 6.32. The molecule has 2 rings (SSSR count). The highest BCUT2D eigenvalue weighted by Crippen LogP contribution is 2.26. The third-order valence-corrected chi connectivity index (χ3v) is 2.99. The normalized spacial score (nSPS) is 12.2. The molecule has 0 aliphatic carbocycles. The highest BCUT2D eigenvalue weighted by molar-refractivity contribution is 5.38. The molecule has 0 aliphatic heterocycles. The molecule has 0 aromatic heterocycles. The molecule has 94 valence electrons. The number of para-hydroxylation sites is 1. The predicted molar refractivity (Wildman–Crippen MR) is 74.9 cm³/mol. The van der Waals surface area contributed by atoms with E-state index >= 15 is 0 Å². The lowest BCUT2D eigenvalue weighted by Crippen LogP contribution is -2.04. The van der Waals surface area contributed by atoms with Crippen LogP contribution in [0.5, 0.6) is 11.5 Å². The molecule has 0 spiro atoms. The molecule has 2 aromatic carbocycles. The van der Waals surface area contributed by atoms with Crippen LogP contribution in [0.25, 0.3) is 0 Å². The Hall–Kier alpha value is -1.80. The Morgan fingerprint density at radius 2 is 1.72 bits per heavy atom. The fourth-order valence-electron chi connectivity index (χ4n) is 1.86. The van der Waals surface area contributed by atoms with E-state index in [4.69, 9.17) is 10.5 Å². The van der Waals surface area contributed by atoms with E-state index in [2.05, 4.69) is 13.0 Å². The van der Waals surface area contributed by atoms with Gasteiger partial charge in [0.1, 0.15) is 11.5 Å². The van der Waals surface area contributed by atoms with E-state index in [9.17, 15) is 0 Å². The van der Waals surface area contributed by atoms with Gasteiger partial charge in [-0.3, -0.25) is 0 Å². The highest BCUT2D eigenvalue weighted by Gasteiger charge is 2.03. The second kappa shape index (κ2) is 5.69. The first-order chi connectivity index (χ1) is 8.70. The molecule has 0 saturated carbocycles. The van der Waals surface area contributed by atoms with E-state index in [0.717, 1.165) is 23.5 Å². The summed E-state index contributed by atoms with van der Waals surface area (Å²) in [5.41, 5.74) is 8.15. The van der Waals surface area contributed by atoms with Crippen molar-refractivity contribution in [3.63, 3.8) is 0 Å². The Morgan fingerprint density at radius 1 is 1.06 bits per heavy atom. The molecule has 0 radical (unpaired) electrons. The van der Waals surface area contributed by atoms with E-state index in [1.54, 1.807) is 0 Å². The molecule has 0 aliphatic rings. The average Bonchev–Trinajstić information content (AvgIpc) is 2.40. The van der Waals surface area contributed by atoms with Crippen LogP contribution in [-0.2, 0) is 6.42 Å². The summed E-state index contributed by atoms with van der Waals surface area (Å²) in [6.45, 7) is 4.10. The van der Waals surface area contributed by atoms with E-state index < -0.39 is 0 Å². The number of hydrogen-bond donors (Lipinski definition) is 1. The first-order valence-electron chi connectivity index (χ1n) is 6.32. The van der Waals surface area contributed by atoms with E-state index in [1.807, 2.05) is 49.4 Å². The zero-order valence-electron chi connectivity index (χ0n) is 10.9. The smallest absolute Gasteiger partial charge is 0.130 e. The SMILES string of the molecule is CCc1ccccc1Oc1ccc([C@@H](C)N)cc1. The predicted octanol–water partition coefficient (Wildman–Crippen LogP) is 4.06. The molecule has 2 N–H and O–H groups in total. The third kappa shape index (κ3) is 2.90. The monoisotopic (exact) mass is 241 g/mol. The van der Waals surface area contributed by atoms with Crippen molar-refractivity contribution in [2.24, 2.45) is 5.73 Å². The highest BCUT2D eigenvalue weighted by atomic mass is 16.5. The Labute approximate surface area is 108 Å². The maximum Gasteiger partial charge on any atom is 0.130 e. The molecule has 0 bridgehead atoms. The Kier molecular flexibility index (Phi) is 4.00. The summed E-state index contributed by atoms with van der Waals surface area (Å²) in [6, 6.07) is 16.1. The van der Waals surface area contributed by atoms with Crippen molar-refractivity contribution in [3.05, 3.63) is 59.7 Å². The van der Waals surface area contributed by atoms with Crippen LogP contribution in [-0.4, -0.2) is 0 Å².